The molecule has 0 rings (SSSR count). The Morgan fingerprint density at radius 3 is 1.89 bits per heavy atom. The summed E-state index contributed by atoms with van der Waals surface area (Å²) < 4.78 is 0. The average molecular weight is 118 g/mol. The van der Waals surface area contributed by atoms with Gasteiger partial charge in [0.05, 0.1) is 0 Å². The SMILES string of the molecule is [B]C(C)(C)B=BC(C)C. The standard InChI is InChI=1S/C6H13B3/c1-5(2)8-9-6(3,4)7/h5H,1-4H3. The van der Waals surface area contributed by atoms with E-state index in [1.165, 1.54) is 0 Å². The Hall–Kier alpha value is 0.195. The normalized spacial score (nSPS) is 11.7. The molecule has 0 aromatic carbocycles. The van der Waals surface area contributed by atoms with Crippen molar-refractivity contribution in [3.05, 3.63) is 0 Å². The van der Waals surface area contributed by atoms with Crippen molar-refractivity contribution in [2.75, 3.05) is 0 Å². The van der Waals surface area contributed by atoms with Crippen LogP contribution in [-0.2, 0) is 0 Å². The van der Waals surface area contributed by atoms with Gasteiger partial charge in [-0.05, 0) is 0 Å². The summed E-state index contributed by atoms with van der Waals surface area (Å²) >= 11 is 0. The van der Waals surface area contributed by atoms with Crippen LogP contribution < -0.4 is 0 Å². The van der Waals surface area contributed by atoms with Crippen LogP contribution in [0.3, 0.4) is 0 Å². The van der Waals surface area contributed by atoms with Gasteiger partial charge >= 0.3 is 60.2 Å². The molecule has 0 N–H and O–H groups in total. The van der Waals surface area contributed by atoms with Crippen LogP contribution in [0.5, 0.6) is 0 Å². The molecule has 0 aromatic heterocycles. The van der Waals surface area contributed by atoms with E-state index in [-0.39, 0.29) is 5.21 Å². The van der Waals surface area contributed by atoms with Crippen LogP contribution in [0, 0.1) is 0 Å². The zero-order valence-electron chi connectivity index (χ0n) is 6.81. The van der Waals surface area contributed by atoms with Crippen LogP contribution in [0.15, 0.2) is 0 Å². The van der Waals surface area contributed by atoms with Crippen molar-refractivity contribution in [2.45, 2.75) is 38.7 Å². The first-order valence-corrected chi connectivity index (χ1v) is 3.40. The van der Waals surface area contributed by atoms with Crippen molar-refractivity contribution >= 4 is 21.4 Å². The first-order valence-electron chi connectivity index (χ1n) is 3.40. The molecule has 0 saturated carbocycles. The fourth-order valence-electron chi connectivity index (χ4n) is 0.440. The quantitative estimate of drug-likeness (QED) is 0.481. The van der Waals surface area contributed by atoms with Crippen LogP contribution in [-0.4, -0.2) is 21.4 Å². The third-order valence-electron chi connectivity index (χ3n) is 0.911. The zero-order chi connectivity index (χ0) is 7.49. The molecule has 0 bridgehead atoms. The van der Waals surface area contributed by atoms with E-state index < -0.39 is 0 Å². The molecule has 0 fully saturated rings. The molecule has 0 spiro atoms. The Labute approximate surface area is 60.9 Å². The molecule has 0 aromatic rings. The molecule has 0 aliphatic heterocycles. The van der Waals surface area contributed by atoms with E-state index in [1.807, 2.05) is 20.6 Å². The van der Waals surface area contributed by atoms with Crippen LogP contribution in [0.2, 0.25) is 11.0 Å². The third-order valence-corrected chi connectivity index (χ3v) is 0.911. The molecule has 2 radical (unpaired) electrons. The average Bonchev–Trinajstić information content (AvgIpc) is 1.59. The van der Waals surface area contributed by atoms with Gasteiger partial charge < -0.3 is 0 Å². The summed E-state index contributed by atoms with van der Waals surface area (Å²) in [5.74, 6) is 0.604. The Balaban J connectivity index is 3.71. The van der Waals surface area contributed by atoms with Crippen LogP contribution in [0.25, 0.3) is 0 Å². The summed E-state index contributed by atoms with van der Waals surface area (Å²) in [4.78, 5) is 0. The molecule has 0 amide bonds. The molecule has 9 heavy (non-hydrogen) atoms. The molecule has 46 valence electrons. The monoisotopic (exact) mass is 118 g/mol. The summed E-state index contributed by atoms with van der Waals surface area (Å²) in [7, 11) is 5.70. The van der Waals surface area contributed by atoms with Crippen molar-refractivity contribution in [3.8, 4) is 0 Å². The Kier molecular flexibility index (Phi) is 3.46. The van der Waals surface area contributed by atoms with Crippen molar-refractivity contribution < 1.29 is 0 Å². The van der Waals surface area contributed by atoms with Gasteiger partial charge in [0.1, 0.15) is 0 Å². The van der Waals surface area contributed by atoms with Crippen LogP contribution in [0.4, 0.5) is 0 Å². The van der Waals surface area contributed by atoms with Crippen molar-refractivity contribution in [1.82, 2.24) is 0 Å². The van der Waals surface area contributed by atoms with Crippen molar-refractivity contribution in [1.29, 1.82) is 0 Å². The van der Waals surface area contributed by atoms with Crippen LogP contribution in [0.1, 0.15) is 27.7 Å². The second-order valence-corrected chi connectivity index (χ2v) is 3.42. The number of hydrogen-bond acceptors (Lipinski definition) is 0. The van der Waals surface area contributed by atoms with Crippen molar-refractivity contribution in [2.24, 2.45) is 0 Å². The zero-order valence-corrected chi connectivity index (χ0v) is 6.81. The molecule has 3 heteroatoms. The van der Waals surface area contributed by atoms with Gasteiger partial charge in [0.25, 0.3) is 0 Å². The summed E-state index contributed by atoms with van der Waals surface area (Å²) in [6.07, 6.45) is 0. The topological polar surface area (TPSA) is 0 Å². The summed E-state index contributed by atoms with van der Waals surface area (Å²) in [6, 6.07) is 0. The van der Waals surface area contributed by atoms with E-state index in [0.717, 1.165) is 0 Å². The van der Waals surface area contributed by atoms with Crippen LogP contribution >= 0.6 is 0 Å². The van der Waals surface area contributed by atoms with Gasteiger partial charge in [-0.2, -0.15) is 0 Å². The molecule has 0 heterocycles. The summed E-state index contributed by atoms with van der Waals surface area (Å²) in [6.45, 7) is 12.4. The van der Waals surface area contributed by atoms with E-state index in [0.29, 0.717) is 5.82 Å². The predicted molar refractivity (Wildman–Crippen MR) is 46.4 cm³/mol. The molecule has 0 atom stereocenters. The maximum absolute atomic E-state index is 5.70. The second-order valence-electron chi connectivity index (χ2n) is 3.42. The van der Waals surface area contributed by atoms with Gasteiger partial charge in [0.15, 0.2) is 0 Å². The Morgan fingerprint density at radius 2 is 1.78 bits per heavy atom. The molecular weight excluding hydrogens is 105 g/mol. The summed E-state index contributed by atoms with van der Waals surface area (Å²) in [5, 5.41) is -0.149. The predicted octanol–water partition coefficient (Wildman–Crippen LogP) is 1.46. The second kappa shape index (κ2) is 3.38. The Bertz CT molecular complexity index is 99.4. The minimum absolute atomic E-state index is 0.149. The fourth-order valence-corrected chi connectivity index (χ4v) is 0.440. The van der Waals surface area contributed by atoms with E-state index in [4.69, 9.17) is 7.85 Å². The van der Waals surface area contributed by atoms with Gasteiger partial charge in [-0.3, -0.25) is 0 Å². The van der Waals surface area contributed by atoms with E-state index in [2.05, 4.69) is 20.6 Å². The third kappa shape index (κ3) is 8.19. The van der Waals surface area contributed by atoms with Gasteiger partial charge in [-0.25, -0.2) is 0 Å². The summed E-state index contributed by atoms with van der Waals surface area (Å²) in [5.41, 5.74) is 0. The van der Waals surface area contributed by atoms with Gasteiger partial charge in [-0.1, -0.05) is 0 Å². The molecule has 0 aliphatic rings. The first-order chi connectivity index (χ1) is 3.92. The number of rotatable bonds is 2. The molecule has 0 aliphatic carbocycles. The minimum atomic E-state index is -0.149. The number of hydrogen-bond donors (Lipinski definition) is 0. The van der Waals surface area contributed by atoms with Gasteiger partial charge in [0.2, 0.25) is 0 Å². The van der Waals surface area contributed by atoms with Crippen molar-refractivity contribution in [3.63, 3.8) is 0 Å². The maximum atomic E-state index is 5.70. The van der Waals surface area contributed by atoms with E-state index in [9.17, 15) is 0 Å². The fraction of sp³-hybridized carbons (Fsp3) is 1.00. The molecule has 0 saturated heterocycles. The molecule has 0 unspecified atom stereocenters. The molecular formula is C6H13B3. The molecule has 0 nitrogen and oxygen atoms in total. The van der Waals surface area contributed by atoms with E-state index >= 15 is 0 Å². The van der Waals surface area contributed by atoms with Gasteiger partial charge in [-0.15, -0.1) is 0 Å². The van der Waals surface area contributed by atoms with Gasteiger partial charge in [0, 0.05) is 0 Å². The van der Waals surface area contributed by atoms with E-state index in [1.54, 1.807) is 0 Å². The first kappa shape index (κ1) is 9.19. The Morgan fingerprint density at radius 1 is 1.33 bits per heavy atom.